The Balaban J connectivity index is 0.000000631. The lowest BCUT2D eigenvalue weighted by molar-refractivity contribution is -0.903. The molecule has 102 valence electrons. The van der Waals surface area contributed by atoms with Crippen LogP contribution in [0.3, 0.4) is 0 Å². The zero-order valence-electron chi connectivity index (χ0n) is 11.4. The molecular weight excluding hydrogens is 230 g/mol. The van der Waals surface area contributed by atoms with Crippen LogP contribution in [0.2, 0.25) is 0 Å². The summed E-state index contributed by atoms with van der Waals surface area (Å²) in [5, 5.41) is 17.7. The first kappa shape index (κ1) is 16.6. The van der Waals surface area contributed by atoms with Gasteiger partial charge < -0.3 is 19.5 Å². The molecule has 4 heteroatoms. The molecule has 0 unspecified atom stereocenters. The van der Waals surface area contributed by atoms with E-state index in [0.717, 1.165) is 30.9 Å². The number of carbonyl (C=O) groups excluding carboxylic acids is 1. The fourth-order valence-corrected chi connectivity index (χ4v) is 1.66. The summed E-state index contributed by atoms with van der Waals surface area (Å²) in [6.07, 6.45) is 0.875. The molecule has 0 saturated heterocycles. The smallest absolute Gasteiger partial charge is 0.104 e. The Morgan fingerprint density at radius 3 is 2.22 bits per heavy atom. The fraction of sp³-hybridized carbons (Fsp3) is 0.500. The number of aliphatic carboxylic acids is 1. The minimum atomic E-state index is -1.08. The van der Waals surface area contributed by atoms with Gasteiger partial charge in [-0.1, -0.05) is 30.3 Å². The number of rotatable bonds is 5. The van der Waals surface area contributed by atoms with E-state index in [4.69, 9.17) is 15.0 Å². The molecule has 0 amide bonds. The second kappa shape index (κ2) is 8.66. The normalized spacial score (nSPS) is 10.4. The first-order valence-corrected chi connectivity index (χ1v) is 6.02. The Morgan fingerprint density at radius 2 is 1.78 bits per heavy atom. The van der Waals surface area contributed by atoms with Gasteiger partial charge in [0.1, 0.15) is 6.54 Å². The Labute approximate surface area is 109 Å². The van der Waals surface area contributed by atoms with Gasteiger partial charge >= 0.3 is 0 Å². The summed E-state index contributed by atoms with van der Waals surface area (Å²) >= 11 is 0. The molecular formula is C14H23NO3. The van der Waals surface area contributed by atoms with Crippen LogP contribution in [0.25, 0.3) is 0 Å². The van der Waals surface area contributed by atoms with Crippen LogP contribution >= 0.6 is 0 Å². The van der Waals surface area contributed by atoms with E-state index in [-0.39, 0.29) is 6.61 Å². The molecule has 0 aliphatic heterocycles. The van der Waals surface area contributed by atoms with Gasteiger partial charge in [-0.2, -0.15) is 0 Å². The van der Waals surface area contributed by atoms with Gasteiger partial charge in [-0.3, -0.25) is 0 Å². The summed E-state index contributed by atoms with van der Waals surface area (Å²) in [6, 6.07) is 10.5. The third-order valence-corrected chi connectivity index (χ3v) is 2.37. The van der Waals surface area contributed by atoms with Crippen molar-refractivity contribution in [3.8, 4) is 0 Å². The van der Waals surface area contributed by atoms with E-state index in [1.54, 1.807) is 0 Å². The Hall–Kier alpha value is -1.39. The molecule has 0 radical (unpaired) electrons. The molecule has 0 spiro atoms. The summed E-state index contributed by atoms with van der Waals surface area (Å²) < 4.78 is 0.935. The second-order valence-corrected chi connectivity index (χ2v) is 4.87. The molecule has 1 rings (SSSR count). The topological polar surface area (TPSA) is 60.4 Å². The van der Waals surface area contributed by atoms with Crippen molar-refractivity contribution in [2.24, 2.45) is 0 Å². The monoisotopic (exact) mass is 253 g/mol. The van der Waals surface area contributed by atoms with Gasteiger partial charge in [0.05, 0.1) is 20.6 Å². The van der Waals surface area contributed by atoms with Crippen molar-refractivity contribution in [2.45, 2.75) is 19.9 Å². The van der Waals surface area contributed by atoms with Crippen molar-refractivity contribution in [1.29, 1.82) is 0 Å². The Morgan fingerprint density at radius 1 is 1.28 bits per heavy atom. The van der Waals surface area contributed by atoms with Crippen molar-refractivity contribution in [2.75, 3.05) is 27.2 Å². The second-order valence-electron chi connectivity index (χ2n) is 4.87. The standard InChI is InChI=1S/C12H20NO.C2H4O2/c1-13(2,9-6-10-14)11-12-7-4-3-5-8-12;1-2(3)4/h3-5,7-8,14H,6,9-11H2,1-2H3;1H3,(H,3,4)/q+1;/p-1. The van der Waals surface area contributed by atoms with Crippen LogP contribution in [0, 0.1) is 0 Å². The number of hydrogen-bond acceptors (Lipinski definition) is 3. The Kier molecular flexibility index (Phi) is 8.00. The van der Waals surface area contributed by atoms with E-state index in [0.29, 0.717) is 0 Å². The zero-order valence-corrected chi connectivity index (χ0v) is 11.4. The minimum Gasteiger partial charge on any atom is -0.550 e. The summed E-state index contributed by atoms with van der Waals surface area (Å²) in [5.41, 5.74) is 1.36. The summed E-state index contributed by atoms with van der Waals surface area (Å²) in [7, 11) is 4.39. The fourth-order valence-electron chi connectivity index (χ4n) is 1.66. The van der Waals surface area contributed by atoms with Crippen LogP contribution < -0.4 is 5.11 Å². The number of aliphatic hydroxyl groups excluding tert-OH is 1. The number of nitrogens with zero attached hydrogens (tertiary/aromatic N) is 1. The van der Waals surface area contributed by atoms with Gasteiger partial charge in [0, 0.05) is 24.6 Å². The number of carbonyl (C=O) groups is 1. The largest absolute Gasteiger partial charge is 0.550 e. The van der Waals surface area contributed by atoms with Crippen molar-refractivity contribution < 1.29 is 19.5 Å². The molecule has 1 aromatic carbocycles. The maximum Gasteiger partial charge on any atom is 0.104 e. The first-order chi connectivity index (χ1) is 8.37. The van der Waals surface area contributed by atoms with Crippen LogP contribution in [0.4, 0.5) is 0 Å². The summed E-state index contributed by atoms with van der Waals surface area (Å²) in [5.74, 6) is -1.08. The van der Waals surface area contributed by atoms with E-state index in [1.807, 2.05) is 6.07 Å². The van der Waals surface area contributed by atoms with Crippen LogP contribution in [0.5, 0.6) is 0 Å². The highest BCUT2D eigenvalue weighted by atomic mass is 16.4. The minimum absolute atomic E-state index is 0.288. The first-order valence-electron chi connectivity index (χ1n) is 6.02. The molecule has 0 atom stereocenters. The summed E-state index contributed by atoms with van der Waals surface area (Å²) in [6.45, 7) is 3.31. The quantitative estimate of drug-likeness (QED) is 0.773. The average molecular weight is 253 g/mol. The molecule has 0 aromatic heterocycles. The number of benzene rings is 1. The van der Waals surface area contributed by atoms with Crippen molar-refractivity contribution in [3.63, 3.8) is 0 Å². The predicted octanol–water partition coefficient (Wildman–Crippen LogP) is 0.402. The van der Waals surface area contributed by atoms with Crippen LogP contribution in [0.1, 0.15) is 18.9 Å². The highest BCUT2D eigenvalue weighted by molar-refractivity contribution is 5.60. The lowest BCUT2D eigenvalue weighted by atomic mass is 10.2. The maximum atomic E-state index is 8.89. The third-order valence-electron chi connectivity index (χ3n) is 2.37. The number of hydrogen-bond donors (Lipinski definition) is 1. The van der Waals surface area contributed by atoms with Gasteiger partial charge in [-0.05, 0) is 6.92 Å². The molecule has 0 aliphatic carbocycles. The number of carboxylic acid groups (broad SMARTS) is 1. The van der Waals surface area contributed by atoms with Crippen LogP contribution in [-0.2, 0) is 11.3 Å². The van der Waals surface area contributed by atoms with E-state index < -0.39 is 5.97 Å². The molecule has 0 heterocycles. The molecule has 0 bridgehead atoms. The molecule has 18 heavy (non-hydrogen) atoms. The number of quaternary nitrogens is 1. The van der Waals surface area contributed by atoms with Crippen LogP contribution in [-0.4, -0.2) is 42.8 Å². The van der Waals surface area contributed by atoms with E-state index in [2.05, 4.69) is 38.4 Å². The van der Waals surface area contributed by atoms with Gasteiger partial charge in [-0.15, -0.1) is 0 Å². The lowest BCUT2D eigenvalue weighted by Gasteiger charge is -2.29. The van der Waals surface area contributed by atoms with Gasteiger partial charge in [0.15, 0.2) is 0 Å². The van der Waals surface area contributed by atoms with E-state index in [9.17, 15) is 0 Å². The van der Waals surface area contributed by atoms with Crippen molar-refractivity contribution >= 4 is 5.97 Å². The molecule has 1 N–H and O–H groups in total. The Bertz CT molecular complexity index is 332. The molecule has 4 nitrogen and oxygen atoms in total. The van der Waals surface area contributed by atoms with E-state index >= 15 is 0 Å². The molecule has 0 fully saturated rings. The molecule has 0 saturated carbocycles. The molecule has 0 aliphatic rings. The van der Waals surface area contributed by atoms with Gasteiger partial charge in [-0.25, -0.2) is 0 Å². The number of carboxylic acids is 1. The lowest BCUT2D eigenvalue weighted by Crippen LogP contribution is -2.39. The predicted molar refractivity (Wildman–Crippen MR) is 69.5 cm³/mol. The van der Waals surface area contributed by atoms with Gasteiger partial charge in [0.2, 0.25) is 0 Å². The number of aliphatic hydroxyl groups is 1. The third kappa shape index (κ3) is 9.81. The highest BCUT2D eigenvalue weighted by Crippen LogP contribution is 2.09. The van der Waals surface area contributed by atoms with Crippen molar-refractivity contribution in [1.82, 2.24) is 0 Å². The maximum absolute atomic E-state index is 8.89. The summed E-state index contributed by atoms with van der Waals surface area (Å²) in [4.78, 5) is 8.89. The van der Waals surface area contributed by atoms with Crippen molar-refractivity contribution in [3.05, 3.63) is 35.9 Å². The van der Waals surface area contributed by atoms with E-state index in [1.165, 1.54) is 5.56 Å². The SMILES string of the molecule is CC(=O)[O-].C[N+](C)(CCCO)Cc1ccccc1. The zero-order chi connectivity index (χ0) is 14.0. The highest BCUT2D eigenvalue weighted by Gasteiger charge is 2.14. The average Bonchev–Trinajstić information content (AvgIpc) is 2.26. The molecule has 1 aromatic rings. The van der Waals surface area contributed by atoms with Crippen LogP contribution in [0.15, 0.2) is 30.3 Å². The van der Waals surface area contributed by atoms with Gasteiger partial charge in [0.25, 0.3) is 0 Å².